The number of hydrogen-bond donors (Lipinski definition) is 2. The molecule has 0 radical (unpaired) electrons. The molecule has 0 saturated carbocycles. The summed E-state index contributed by atoms with van der Waals surface area (Å²) in [6.07, 6.45) is 0.915. The van der Waals surface area contributed by atoms with Crippen LogP contribution in [0, 0.1) is 0 Å². The van der Waals surface area contributed by atoms with Crippen molar-refractivity contribution in [3.05, 3.63) is 24.3 Å². The number of rotatable bonds is 8. The number of carbonyl (C=O) groups is 1. The van der Waals surface area contributed by atoms with Gasteiger partial charge in [0.15, 0.2) is 0 Å². The normalized spacial score (nSPS) is 10.6. The van der Waals surface area contributed by atoms with Gasteiger partial charge in [0, 0.05) is 30.9 Å². The molecule has 0 spiro atoms. The molecule has 0 aliphatic heterocycles. The van der Waals surface area contributed by atoms with Crippen LogP contribution < -0.4 is 10.5 Å². The minimum Gasteiger partial charge on any atom is -0.493 e. The monoisotopic (exact) mass is 280 g/mol. The van der Waals surface area contributed by atoms with Crippen LogP contribution in [0.3, 0.4) is 0 Å². The van der Waals surface area contributed by atoms with Gasteiger partial charge in [-0.3, -0.25) is 4.79 Å². The van der Waals surface area contributed by atoms with Crippen LogP contribution in [0.25, 0.3) is 0 Å². The molecule has 0 aliphatic carbocycles. The lowest BCUT2D eigenvalue weighted by atomic mass is 10.2. The zero-order chi connectivity index (χ0) is 15.0. The van der Waals surface area contributed by atoms with Crippen LogP contribution in [-0.4, -0.2) is 41.7 Å². The van der Waals surface area contributed by atoms with Gasteiger partial charge in [0.25, 0.3) is 0 Å². The molecule has 1 aromatic carbocycles. The molecule has 0 saturated heterocycles. The zero-order valence-electron chi connectivity index (χ0n) is 12.2. The molecule has 112 valence electrons. The van der Waals surface area contributed by atoms with Gasteiger partial charge in [0.05, 0.1) is 13.0 Å². The Kier molecular flexibility index (Phi) is 6.87. The highest BCUT2D eigenvalue weighted by atomic mass is 16.5. The highest BCUT2D eigenvalue weighted by Crippen LogP contribution is 2.14. The first kappa shape index (κ1) is 16.3. The lowest BCUT2D eigenvalue weighted by molar-refractivity contribution is -0.133. The van der Waals surface area contributed by atoms with Crippen molar-refractivity contribution < 1.29 is 14.6 Å². The largest absolute Gasteiger partial charge is 0.493 e. The van der Waals surface area contributed by atoms with E-state index in [0.29, 0.717) is 37.4 Å². The fourth-order valence-electron chi connectivity index (χ4n) is 1.92. The maximum absolute atomic E-state index is 12.1. The third kappa shape index (κ3) is 5.48. The van der Waals surface area contributed by atoms with Crippen LogP contribution in [0.15, 0.2) is 24.3 Å². The van der Waals surface area contributed by atoms with E-state index in [2.05, 4.69) is 0 Å². The molecule has 0 aromatic heterocycles. The Balaban J connectivity index is 2.41. The van der Waals surface area contributed by atoms with Gasteiger partial charge in [-0.2, -0.15) is 0 Å². The summed E-state index contributed by atoms with van der Waals surface area (Å²) >= 11 is 0. The summed E-state index contributed by atoms with van der Waals surface area (Å²) < 4.78 is 5.51. The SMILES string of the molecule is CC(C)N(CCCO)C(=O)CCOc1cccc(N)c1. The van der Waals surface area contributed by atoms with Gasteiger partial charge in [-0.1, -0.05) is 6.07 Å². The topological polar surface area (TPSA) is 75.8 Å². The summed E-state index contributed by atoms with van der Waals surface area (Å²) in [5, 5.41) is 8.85. The second kappa shape index (κ2) is 8.43. The van der Waals surface area contributed by atoms with Crippen LogP contribution in [0.2, 0.25) is 0 Å². The van der Waals surface area contributed by atoms with Crippen LogP contribution in [0.5, 0.6) is 5.75 Å². The second-order valence-electron chi connectivity index (χ2n) is 4.93. The highest BCUT2D eigenvalue weighted by molar-refractivity contribution is 5.76. The van der Waals surface area contributed by atoms with Gasteiger partial charge in [-0.15, -0.1) is 0 Å². The minimum absolute atomic E-state index is 0.0392. The number of aliphatic hydroxyl groups is 1. The molecular weight excluding hydrogens is 256 g/mol. The number of amides is 1. The van der Waals surface area contributed by atoms with Crippen LogP contribution in [0.1, 0.15) is 26.7 Å². The number of carbonyl (C=O) groups excluding carboxylic acids is 1. The van der Waals surface area contributed by atoms with Crippen molar-refractivity contribution >= 4 is 11.6 Å². The van der Waals surface area contributed by atoms with Gasteiger partial charge in [-0.25, -0.2) is 0 Å². The summed E-state index contributed by atoms with van der Waals surface area (Å²) in [6.45, 7) is 4.92. The molecule has 1 rings (SSSR count). The van der Waals surface area contributed by atoms with E-state index >= 15 is 0 Å². The minimum atomic E-state index is 0.0392. The van der Waals surface area contributed by atoms with E-state index in [4.69, 9.17) is 15.6 Å². The number of nitrogens with two attached hydrogens (primary N) is 1. The van der Waals surface area contributed by atoms with E-state index in [0.717, 1.165) is 0 Å². The van der Waals surface area contributed by atoms with Crippen LogP contribution in [-0.2, 0) is 4.79 Å². The molecule has 1 aromatic rings. The molecule has 20 heavy (non-hydrogen) atoms. The maximum atomic E-state index is 12.1. The Hall–Kier alpha value is -1.75. The average Bonchev–Trinajstić information content (AvgIpc) is 2.39. The van der Waals surface area contributed by atoms with E-state index in [1.165, 1.54) is 0 Å². The molecule has 0 fully saturated rings. The van der Waals surface area contributed by atoms with Crippen molar-refractivity contribution in [2.24, 2.45) is 0 Å². The molecule has 3 N–H and O–H groups in total. The quantitative estimate of drug-likeness (QED) is 0.710. The summed E-state index contributed by atoms with van der Waals surface area (Å²) in [5.74, 6) is 0.710. The number of hydrogen-bond acceptors (Lipinski definition) is 4. The first-order chi connectivity index (χ1) is 9.54. The first-order valence-corrected chi connectivity index (χ1v) is 6.93. The molecule has 5 nitrogen and oxygen atoms in total. The standard InChI is InChI=1S/C15H24N2O3/c1-12(2)17(8-4-9-18)15(19)7-10-20-14-6-3-5-13(16)11-14/h3,5-6,11-12,18H,4,7-10,16H2,1-2H3. The lowest BCUT2D eigenvalue weighted by Gasteiger charge is -2.26. The fourth-order valence-corrected chi connectivity index (χ4v) is 1.92. The van der Waals surface area contributed by atoms with Crippen LogP contribution >= 0.6 is 0 Å². The van der Waals surface area contributed by atoms with Crippen molar-refractivity contribution in [1.82, 2.24) is 4.90 Å². The molecule has 0 atom stereocenters. The summed E-state index contributed by atoms with van der Waals surface area (Å²) in [7, 11) is 0. The predicted octanol–water partition coefficient (Wildman–Crippen LogP) is 1.66. The number of nitrogens with zero attached hydrogens (tertiary/aromatic N) is 1. The van der Waals surface area contributed by atoms with E-state index in [1.807, 2.05) is 26.0 Å². The Labute approximate surface area is 120 Å². The molecular formula is C15H24N2O3. The van der Waals surface area contributed by atoms with Crippen molar-refractivity contribution in [1.29, 1.82) is 0 Å². The molecule has 1 amide bonds. The van der Waals surface area contributed by atoms with Crippen molar-refractivity contribution in [3.63, 3.8) is 0 Å². The van der Waals surface area contributed by atoms with Gasteiger partial charge in [0.2, 0.25) is 5.91 Å². The molecule has 0 aliphatic rings. The van der Waals surface area contributed by atoms with E-state index in [9.17, 15) is 4.79 Å². The summed E-state index contributed by atoms with van der Waals surface area (Å²) in [6, 6.07) is 7.27. The van der Waals surface area contributed by atoms with Crippen molar-refractivity contribution in [2.45, 2.75) is 32.7 Å². The maximum Gasteiger partial charge on any atom is 0.226 e. The van der Waals surface area contributed by atoms with Crippen molar-refractivity contribution in [2.75, 3.05) is 25.5 Å². The number of ether oxygens (including phenoxy) is 1. The highest BCUT2D eigenvalue weighted by Gasteiger charge is 2.16. The molecule has 0 unspecified atom stereocenters. The number of anilines is 1. The van der Waals surface area contributed by atoms with E-state index in [-0.39, 0.29) is 18.6 Å². The first-order valence-electron chi connectivity index (χ1n) is 6.93. The zero-order valence-corrected chi connectivity index (χ0v) is 12.2. The Morgan fingerprint density at radius 1 is 1.45 bits per heavy atom. The number of aliphatic hydroxyl groups excluding tert-OH is 1. The number of benzene rings is 1. The second-order valence-corrected chi connectivity index (χ2v) is 4.93. The van der Waals surface area contributed by atoms with Gasteiger partial charge in [-0.05, 0) is 32.4 Å². The summed E-state index contributed by atoms with van der Waals surface area (Å²) in [5.41, 5.74) is 6.29. The predicted molar refractivity (Wildman–Crippen MR) is 79.5 cm³/mol. The third-order valence-corrected chi connectivity index (χ3v) is 2.94. The average molecular weight is 280 g/mol. The summed E-state index contributed by atoms with van der Waals surface area (Å²) in [4.78, 5) is 13.9. The Morgan fingerprint density at radius 2 is 2.20 bits per heavy atom. The third-order valence-electron chi connectivity index (χ3n) is 2.94. The fraction of sp³-hybridized carbons (Fsp3) is 0.533. The van der Waals surface area contributed by atoms with Gasteiger partial charge < -0.3 is 20.5 Å². The molecule has 5 heteroatoms. The Bertz CT molecular complexity index is 421. The van der Waals surface area contributed by atoms with Gasteiger partial charge >= 0.3 is 0 Å². The lowest BCUT2D eigenvalue weighted by Crippen LogP contribution is -2.38. The van der Waals surface area contributed by atoms with E-state index in [1.54, 1.807) is 17.0 Å². The van der Waals surface area contributed by atoms with E-state index < -0.39 is 0 Å². The van der Waals surface area contributed by atoms with Crippen LogP contribution in [0.4, 0.5) is 5.69 Å². The smallest absolute Gasteiger partial charge is 0.226 e. The van der Waals surface area contributed by atoms with Crippen molar-refractivity contribution in [3.8, 4) is 5.75 Å². The van der Waals surface area contributed by atoms with Gasteiger partial charge in [0.1, 0.15) is 5.75 Å². The Morgan fingerprint density at radius 3 is 2.80 bits per heavy atom. The molecule has 0 bridgehead atoms. The molecule has 0 heterocycles. The number of nitrogen functional groups attached to an aromatic ring is 1.